The fourth-order valence-corrected chi connectivity index (χ4v) is 5.94. The van der Waals surface area contributed by atoms with E-state index in [-0.39, 0.29) is 24.1 Å². The Morgan fingerprint density at radius 3 is 2.54 bits per heavy atom. The smallest absolute Gasteiger partial charge is 0.274 e. The first-order valence-electron chi connectivity index (χ1n) is 12.0. The van der Waals surface area contributed by atoms with Crippen LogP contribution < -0.4 is 15.0 Å². The zero-order chi connectivity index (χ0) is 24.6. The maximum absolute atomic E-state index is 13.4. The third-order valence-electron chi connectivity index (χ3n) is 6.84. The number of hydrogen-bond donors (Lipinski definition) is 0. The Morgan fingerprint density at radius 1 is 1.05 bits per heavy atom. The molecule has 0 saturated carbocycles. The summed E-state index contributed by atoms with van der Waals surface area (Å²) >= 11 is 7.39. The lowest BCUT2D eigenvalue weighted by atomic mass is 10.0. The average Bonchev–Trinajstić information content (AvgIpc) is 3.32. The number of benzene rings is 2. The molecule has 6 rings (SSSR count). The topological polar surface area (TPSA) is 65.8 Å². The van der Waals surface area contributed by atoms with Crippen LogP contribution in [0.3, 0.4) is 0 Å². The van der Waals surface area contributed by atoms with E-state index in [2.05, 4.69) is 9.88 Å². The van der Waals surface area contributed by atoms with Crippen LogP contribution in [0, 0.1) is 0 Å². The minimum atomic E-state index is -0.118. The van der Waals surface area contributed by atoms with Gasteiger partial charge in [-0.2, -0.15) is 0 Å². The van der Waals surface area contributed by atoms with Crippen molar-refractivity contribution in [1.29, 1.82) is 0 Å². The Bertz CT molecular complexity index is 1440. The first-order valence-corrected chi connectivity index (χ1v) is 13.2. The summed E-state index contributed by atoms with van der Waals surface area (Å²) in [5.41, 5.74) is 2.20. The molecule has 4 aromatic rings. The van der Waals surface area contributed by atoms with Crippen molar-refractivity contribution in [3.8, 4) is 27.8 Å². The van der Waals surface area contributed by atoms with Gasteiger partial charge in [-0.3, -0.25) is 14.3 Å². The lowest BCUT2D eigenvalue weighted by Gasteiger charge is -2.45. The second-order valence-corrected chi connectivity index (χ2v) is 10.5. The van der Waals surface area contributed by atoms with E-state index in [0.717, 1.165) is 49.7 Å². The molecular weight excluding hydrogens is 533 g/mol. The van der Waals surface area contributed by atoms with E-state index >= 15 is 0 Å². The van der Waals surface area contributed by atoms with Crippen LogP contribution in [-0.4, -0.2) is 60.0 Å². The molecule has 4 heterocycles. The number of halogens is 2. The molecule has 0 unspecified atom stereocenters. The van der Waals surface area contributed by atoms with Crippen LogP contribution in [0.1, 0.15) is 12.8 Å². The fraction of sp³-hybridized carbons (Fsp3) is 0.333. The maximum atomic E-state index is 13.4. The maximum Gasteiger partial charge on any atom is 0.274 e. The van der Waals surface area contributed by atoms with Crippen molar-refractivity contribution < 1.29 is 14.2 Å². The molecule has 0 atom stereocenters. The second kappa shape index (κ2) is 11.0. The molecule has 0 aliphatic carbocycles. The Labute approximate surface area is 230 Å². The number of likely N-dealkylation sites (tertiary alicyclic amines) is 1. The van der Waals surface area contributed by atoms with Crippen LogP contribution in [0.15, 0.2) is 59.5 Å². The standard InChI is InChI=1S/C27H26ClN3O4S.ClH/c1-33-24-14-20(6-7-23(24)35-21-15-30(16-21)19-9-12-34-13-10-19)31-11-8-22-25(27(31)32)36-26(29-22)17-2-4-18(28)5-3-17;/h2-8,11,14,19,21H,9-10,12-13,15-16H2,1H3;1H. The molecule has 10 heteroatoms. The number of ether oxygens (including phenoxy) is 3. The number of aromatic nitrogens is 2. The molecular formula is C27H27Cl2N3O4S. The summed E-state index contributed by atoms with van der Waals surface area (Å²) in [5, 5.41) is 1.45. The highest BCUT2D eigenvalue weighted by Crippen LogP contribution is 2.33. The number of fused-ring (bicyclic) bond motifs is 1. The molecule has 0 bridgehead atoms. The third kappa shape index (κ3) is 5.22. The van der Waals surface area contributed by atoms with Crippen molar-refractivity contribution in [3.63, 3.8) is 0 Å². The first-order chi connectivity index (χ1) is 17.6. The highest BCUT2D eigenvalue weighted by atomic mass is 35.5. The SMILES string of the molecule is COc1cc(-n2ccc3nc(-c4ccc(Cl)cc4)sc3c2=O)ccc1OC1CN(C2CCOCC2)C1.Cl. The molecule has 0 N–H and O–H groups in total. The number of rotatable bonds is 6. The highest BCUT2D eigenvalue weighted by molar-refractivity contribution is 7.21. The largest absolute Gasteiger partial charge is 0.493 e. The number of pyridine rings is 1. The predicted molar refractivity (Wildman–Crippen MR) is 149 cm³/mol. The molecule has 0 radical (unpaired) electrons. The number of nitrogens with zero attached hydrogens (tertiary/aromatic N) is 3. The zero-order valence-electron chi connectivity index (χ0n) is 20.3. The number of hydrogen-bond acceptors (Lipinski definition) is 7. The van der Waals surface area contributed by atoms with Crippen LogP contribution in [0.4, 0.5) is 0 Å². The summed E-state index contributed by atoms with van der Waals surface area (Å²) in [6, 6.07) is 15.5. The Morgan fingerprint density at radius 2 is 1.81 bits per heavy atom. The van der Waals surface area contributed by atoms with Crippen LogP contribution in [0.2, 0.25) is 5.02 Å². The Hall–Kier alpha value is -2.62. The van der Waals surface area contributed by atoms with E-state index in [1.165, 1.54) is 11.3 Å². The lowest BCUT2D eigenvalue weighted by molar-refractivity contribution is -0.0460. The van der Waals surface area contributed by atoms with E-state index in [1.54, 1.807) is 17.9 Å². The second-order valence-electron chi connectivity index (χ2n) is 9.10. The molecule has 194 valence electrons. The minimum absolute atomic E-state index is 0. The van der Waals surface area contributed by atoms with Crippen molar-refractivity contribution in [1.82, 2.24) is 14.5 Å². The molecule has 37 heavy (non-hydrogen) atoms. The number of methoxy groups -OCH3 is 1. The van der Waals surface area contributed by atoms with Gasteiger partial charge in [0, 0.05) is 55.2 Å². The number of thiazole rings is 1. The van der Waals surface area contributed by atoms with Gasteiger partial charge in [0.1, 0.15) is 15.8 Å². The molecule has 2 aromatic carbocycles. The van der Waals surface area contributed by atoms with Gasteiger partial charge in [0.05, 0.1) is 18.3 Å². The monoisotopic (exact) mass is 559 g/mol. The van der Waals surface area contributed by atoms with Crippen molar-refractivity contribution in [2.24, 2.45) is 0 Å². The molecule has 0 spiro atoms. The van der Waals surface area contributed by atoms with Crippen molar-refractivity contribution in [3.05, 3.63) is 70.1 Å². The first kappa shape index (κ1) is 26.0. The summed E-state index contributed by atoms with van der Waals surface area (Å²) < 4.78 is 19.6. The van der Waals surface area contributed by atoms with Crippen molar-refractivity contribution in [2.45, 2.75) is 25.0 Å². The van der Waals surface area contributed by atoms with E-state index in [1.807, 2.05) is 48.5 Å². The summed E-state index contributed by atoms with van der Waals surface area (Å²) in [6.07, 6.45) is 4.06. The molecule has 2 aliphatic heterocycles. The summed E-state index contributed by atoms with van der Waals surface area (Å²) in [5.74, 6) is 1.30. The van der Waals surface area contributed by atoms with Crippen LogP contribution in [0.25, 0.3) is 26.5 Å². The van der Waals surface area contributed by atoms with Gasteiger partial charge >= 0.3 is 0 Å². The van der Waals surface area contributed by atoms with Crippen LogP contribution in [-0.2, 0) is 4.74 Å². The molecule has 0 amide bonds. The molecule has 2 aliphatic rings. The van der Waals surface area contributed by atoms with Gasteiger partial charge in [0.2, 0.25) is 0 Å². The van der Waals surface area contributed by atoms with E-state index in [4.69, 9.17) is 25.8 Å². The van der Waals surface area contributed by atoms with Gasteiger partial charge in [-0.05, 0) is 43.2 Å². The summed E-state index contributed by atoms with van der Waals surface area (Å²) in [4.78, 5) is 20.5. The molecule has 2 aromatic heterocycles. The molecule has 7 nitrogen and oxygen atoms in total. The van der Waals surface area contributed by atoms with E-state index in [9.17, 15) is 4.79 Å². The normalized spacial score (nSPS) is 16.8. The minimum Gasteiger partial charge on any atom is -0.493 e. The quantitative estimate of drug-likeness (QED) is 0.313. The van der Waals surface area contributed by atoms with Crippen molar-refractivity contribution in [2.75, 3.05) is 33.4 Å². The fourth-order valence-electron chi connectivity index (χ4n) is 4.82. The van der Waals surface area contributed by atoms with Crippen molar-refractivity contribution >= 4 is 45.6 Å². The zero-order valence-corrected chi connectivity index (χ0v) is 22.7. The van der Waals surface area contributed by atoms with Gasteiger partial charge < -0.3 is 14.2 Å². The highest BCUT2D eigenvalue weighted by Gasteiger charge is 2.35. The lowest BCUT2D eigenvalue weighted by Crippen LogP contribution is -2.58. The van der Waals surface area contributed by atoms with Gasteiger partial charge in [0.25, 0.3) is 5.56 Å². The van der Waals surface area contributed by atoms with E-state index in [0.29, 0.717) is 38.5 Å². The molecule has 2 saturated heterocycles. The van der Waals surface area contributed by atoms with Gasteiger partial charge in [-0.1, -0.05) is 23.7 Å². The Kier molecular flexibility index (Phi) is 7.74. The summed E-state index contributed by atoms with van der Waals surface area (Å²) in [6.45, 7) is 3.51. The van der Waals surface area contributed by atoms with Gasteiger partial charge in [-0.25, -0.2) is 4.98 Å². The predicted octanol–water partition coefficient (Wildman–Crippen LogP) is 5.44. The van der Waals surface area contributed by atoms with Gasteiger partial charge in [-0.15, -0.1) is 23.7 Å². The van der Waals surface area contributed by atoms with Crippen LogP contribution >= 0.6 is 35.3 Å². The van der Waals surface area contributed by atoms with E-state index < -0.39 is 0 Å². The molecule has 2 fully saturated rings. The van der Waals surface area contributed by atoms with Gasteiger partial charge in [0.15, 0.2) is 11.5 Å². The average molecular weight is 561 g/mol. The van der Waals surface area contributed by atoms with Crippen LogP contribution in [0.5, 0.6) is 11.5 Å². The Balaban J connectivity index is 0.00000280. The third-order valence-corrected chi connectivity index (χ3v) is 8.20. The summed E-state index contributed by atoms with van der Waals surface area (Å²) in [7, 11) is 1.62.